The number of nitrogens with one attached hydrogen (secondary N) is 2. The highest BCUT2D eigenvalue weighted by Gasteiger charge is 2.28. The predicted molar refractivity (Wildman–Crippen MR) is 146 cm³/mol. The lowest BCUT2D eigenvalue weighted by Crippen LogP contribution is -2.42. The van der Waals surface area contributed by atoms with Crippen LogP contribution in [-0.2, 0) is 13.6 Å². The molecule has 0 atom stereocenters. The fraction of sp³-hybridized carbons (Fsp3) is 0.556. The monoisotopic (exact) mass is 501 g/mol. The summed E-state index contributed by atoms with van der Waals surface area (Å²) >= 11 is 6.52. The second kappa shape index (κ2) is 11.5. The molecule has 0 aliphatic heterocycles. The fourth-order valence-corrected chi connectivity index (χ4v) is 5.55. The van der Waals surface area contributed by atoms with E-state index in [-0.39, 0.29) is 17.9 Å². The maximum Gasteiger partial charge on any atom is 0.251 e. The standard InChI is InChI=1S/C27H40ClN5O2/c1-8-33(21-11-9-20(10-12-21)31(5)6)24-15-19(28)14-22(18(24)3)27(35)30-16-23-25(34)13-17(2)32(7)26(23)29-4/h13-15,20-21,29H,8-12,16H2,1-7H3,(H,30,35)/t20-,21-. The summed E-state index contributed by atoms with van der Waals surface area (Å²) in [6.07, 6.45) is 4.57. The number of nitrogens with zero attached hydrogens (tertiary/aromatic N) is 3. The lowest BCUT2D eigenvalue weighted by atomic mass is 9.89. The first-order valence-corrected chi connectivity index (χ1v) is 12.8. The van der Waals surface area contributed by atoms with E-state index in [0.29, 0.717) is 34.1 Å². The Balaban J connectivity index is 1.84. The molecule has 1 saturated carbocycles. The molecule has 1 aliphatic rings. The summed E-state index contributed by atoms with van der Waals surface area (Å²) in [5.74, 6) is 0.465. The Labute approximate surface area is 214 Å². The van der Waals surface area contributed by atoms with Gasteiger partial charge in [0.05, 0.1) is 12.1 Å². The van der Waals surface area contributed by atoms with E-state index in [9.17, 15) is 9.59 Å². The van der Waals surface area contributed by atoms with E-state index >= 15 is 0 Å². The lowest BCUT2D eigenvalue weighted by Gasteiger charge is -2.40. The Morgan fingerprint density at radius 3 is 2.31 bits per heavy atom. The average molecular weight is 502 g/mol. The van der Waals surface area contributed by atoms with Crippen LogP contribution in [0.5, 0.6) is 0 Å². The number of aromatic nitrogens is 1. The van der Waals surface area contributed by atoms with Gasteiger partial charge in [-0.3, -0.25) is 9.59 Å². The number of carbonyl (C=O) groups excluding carboxylic acids is 1. The highest BCUT2D eigenvalue weighted by molar-refractivity contribution is 6.31. The van der Waals surface area contributed by atoms with Gasteiger partial charge in [-0.2, -0.15) is 0 Å². The van der Waals surface area contributed by atoms with Gasteiger partial charge in [0.1, 0.15) is 5.82 Å². The number of hydrogen-bond acceptors (Lipinski definition) is 5. The largest absolute Gasteiger partial charge is 0.374 e. The van der Waals surface area contributed by atoms with Crippen LogP contribution in [0, 0.1) is 13.8 Å². The average Bonchev–Trinajstić information content (AvgIpc) is 2.82. The van der Waals surface area contributed by atoms with Crippen LogP contribution in [0.4, 0.5) is 11.5 Å². The minimum absolute atomic E-state index is 0.0979. The summed E-state index contributed by atoms with van der Waals surface area (Å²) in [5.41, 5.74) is 3.75. The summed E-state index contributed by atoms with van der Waals surface area (Å²) < 4.78 is 1.91. The highest BCUT2D eigenvalue weighted by atomic mass is 35.5. The highest BCUT2D eigenvalue weighted by Crippen LogP contribution is 2.34. The molecular formula is C27H40ClN5O2. The fourth-order valence-electron chi connectivity index (χ4n) is 5.33. The Morgan fingerprint density at radius 1 is 1.11 bits per heavy atom. The van der Waals surface area contributed by atoms with Crippen molar-refractivity contribution in [3.8, 4) is 0 Å². The SMILES string of the molecule is CCN(c1cc(Cl)cc(C(=O)NCc2c(NC)n(C)c(C)cc2=O)c1C)[C@H]1CC[C@H](N(C)C)CC1. The van der Waals surface area contributed by atoms with Crippen molar-refractivity contribution in [2.75, 3.05) is 37.9 Å². The van der Waals surface area contributed by atoms with Crippen molar-refractivity contribution in [2.45, 2.75) is 65.1 Å². The van der Waals surface area contributed by atoms with Crippen molar-refractivity contribution in [3.05, 3.63) is 55.8 Å². The minimum Gasteiger partial charge on any atom is -0.374 e. The number of halogens is 1. The zero-order chi connectivity index (χ0) is 25.9. The second-order valence-electron chi connectivity index (χ2n) is 9.78. The van der Waals surface area contributed by atoms with Crippen LogP contribution in [0.1, 0.15) is 59.8 Å². The Bertz CT molecular complexity index is 1120. The molecule has 35 heavy (non-hydrogen) atoms. The molecule has 1 fully saturated rings. The molecule has 1 heterocycles. The number of amides is 1. The molecule has 1 aliphatic carbocycles. The second-order valence-corrected chi connectivity index (χ2v) is 10.2. The first-order chi connectivity index (χ1) is 16.6. The molecule has 0 bridgehead atoms. The van der Waals surface area contributed by atoms with E-state index in [1.807, 2.05) is 31.5 Å². The third kappa shape index (κ3) is 5.84. The van der Waals surface area contributed by atoms with Crippen molar-refractivity contribution in [1.82, 2.24) is 14.8 Å². The predicted octanol–water partition coefficient (Wildman–Crippen LogP) is 4.33. The van der Waals surface area contributed by atoms with Gasteiger partial charge in [0.2, 0.25) is 0 Å². The van der Waals surface area contributed by atoms with E-state index in [1.54, 1.807) is 19.2 Å². The van der Waals surface area contributed by atoms with Crippen LogP contribution < -0.4 is 21.0 Å². The van der Waals surface area contributed by atoms with E-state index in [2.05, 4.69) is 41.5 Å². The smallest absolute Gasteiger partial charge is 0.251 e. The molecule has 0 saturated heterocycles. The molecule has 0 unspecified atom stereocenters. The molecule has 0 spiro atoms. The number of anilines is 2. The Morgan fingerprint density at radius 2 is 1.74 bits per heavy atom. The summed E-state index contributed by atoms with van der Waals surface area (Å²) in [4.78, 5) is 30.6. The quantitative estimate of drug-likeness (QED) is 0.563. The van der Waals surface area contributed by atoms with Crippen LogP contribution in [0.2, 0.25) is 5.02 Å². The zero-order valence-electron chi connectivity index (χ0n) is 22.2. The molecule has 8 heteroatoms. The van der Waals surface area contributed by atoms with Crippen LogP contribution in [0.15, 0.2) is 23.0 Å². The van der Waals surface area contributed by atoms with Crippen molar-refractivity contribution in [2.24, 2.45) is 7.05 Å². The van der Waals surface area contributed by atoms with Crippen molar-refractivity contribution < 1.29 is 4.79 Å². The number of aryl methyl sites for hydroxylation is 1. The molecule has 1 aromatic carbocycles. The van der Waals surface area contributed by atoms with Gasteiger partial charge in [0, 0.05) is 60.8 Å². The van der Waals surface area contributed by atoms with Gasteiger partial charge in [0.25, 0.3) is 5.91 Å². The molecule has 0 radical (unpaired) electrons. The van der Waals surface area contributed by atoms with Crippen LogP contribution in [0.3, 0.4) is 0 Å². The number of rotatable bonds is 8. The molecule has 192 valence electrons. The van der Waals surface area contributed by atoms with E-state index in [1.165, 1.54) is 12.8 Å². The number of carbonyl (C=O) groups is 1. The topological polar surface area (TPSA) is 69.6 Å². The summed E-state index contributed by atoms with van der Waals surface area (Å²) in [6, 6.07) is 6.35. The van der Waals surface area contributed by atoms with Gasteiger partial charge in [-0.1, -0.05) is 11.6 Å². The van der Waals surface area contributed by atoms with Crippen molar-refractivity contribution >= 4 is 29.0 Å². The van der Waals surface area contributed by atoms with Crippen molar-refractivity contribution in [3.63, 3.8) is 0 Å². The van der Waals surface area contributed by atoms with Gasteiger partial charge in [-0.05, 0) is 78.2 Å². The van der Waals surface area contributed by atoms with Gasteiger partial charge < -0.3 is 25.0 Å². The van der Waals surface area contributed by atoms with Gasteiger partial charge in [0.15, 0.2) is 5.43 Å². The first-order valence-electron chi connectivity index (χ1n) is 12.5. The molecule has 7 nitrogen and oxygen atoms in total. The maximum atomic E-state index is 13.3. The normalized spacial score (nSPS) is 18.0. The number of pyridine rings is 1. The molecule has 3 rings (SSSR count). The molecule has 2 aromatic rings. The number of benzene rings is 1. The number of hydrogen-bond donors (Lipinski definition) is 2. The summed E-state index contributed by atoms with van der Waals surface area (Å²) in [7, 11) is 7.98. The Hall–Kier alpha value is -2.51. The Kier molecular flexibility index (Phi) is 8.89. The maximum absolute atomic E-state index is 13.3. The summed E-state index contributed by atoms with van der Waals surface area (Å²) in [5, 5.41) is 6.58. The van der Waals surface area contributed by atoms with E-state index < -0.39 is 0 Å². The van der Waals surface area contributed by atoms with Gasteiger partial charge >= 0.3 is 0 Å². The summed E-state index contributed by atoms with van der Waals surface area (Å²) in [6.45, 7) is 7.01. The third-order valence-corrected chi connectivity index (χ3v) is 7.75. The molecular weight excluding hydrogens is 462 g/mol. The van der Waals surface area contributed by atoms with Gasteiger partial charge in [-0.25, -0.2) is 0 Å². The third-order valence-electron chi connectivity index (χ3n) is 7.53. The zero-order valence-corrected chi connectivity index (χ0v) is 22.9. The minimum atomic E-state index is -0.233. The van der Waals surface area contributed by atoms with Crippen LogP contribution in [0.25, 0.3) is 0 Å². The van der Waals surface area contributed by atoms with Crippen molar-refractivity contribution in [1.29, 1.82) is 0 Å². The van der Waals surface area contributed by atoms with E-state index in [0.717, 1.165) is 36.3 Å². The van der Waals surface area contributed by atoms with E-state index in [4.69, 9.17) is 11.6 Å². The van der Waals surface area contributed by atoms with Gasteiger partial charge in [-0.15, -0.1) is 0 Å². The molecule has 1 aromatic heterocycles. The van der Waals surface area contributed by atoms with Crippen LogP contribution >= 0.6 is 11.6 Å². The molecule has 2 N–H and O–H groups in total. The van der Waals surface area contributed by atoms with Crippen LogP contribution in [-0.4, -0.2) is 55.1 Å². The lowest BCUT2D eigenvalue weighted by molar-refractivity contribution is 0.0950. The first kappa shape index (κ1) is 27.1. The molecule has 1 amide bonds.